The topological polar surface area (TPSA) is 40.5 Å². The van der Waals surface area contributed by atoms with Crippen molar-refractivity contribution in [1.82, 2.24) is 4.90 Å². The fraction of sp³-hybridized carbons (Fsp3) is 0.462. The Morgan fingerprint density at radius 2 is 2.00 bits per heavy atom. The first-order valence-corrected chi connectivity index (χ1v) is 6.06. The Hall–Kier alpha value is -1.06. The van der Waals surface area contributed by atoms with Gasteiger partial charge >= 0.3 is 0 Å². The molecule has 0 aliphatic rings. The fourth-order valence-corrected chi connectivity index (χ4v) is 1.76. The number of hydrogen-bond acceptors (Lipinski definition) is 2. The quantitative estimate of drug-likeness (QED) is 0.877. The van der Waals surface area contributed by atoms with Crippen molar-refractivity contribution >= 4 is 17.5 Å². The molecule has 0 spiro atoms. The van der Waals surface area contributed by atoms with Crippen LogP contribution >= 0.6 is 11.6 Å². The van der Waals surface area contributed by atoms with Gasteiger partial charge in [-0.15, -0.1) is 0 Å². The number of carbonyl (C=O) groups is 1. The predicted molar refractivity (Wildman–Crippen MR) is 68.8 cm³/mol. The van der Waals surface area contributed by atoms with E-state index in [4.69, 9.17) is 16.7 Å². The Morgan fingerprint density at radius 3 is 2.47 bits per heavy atom. The maximum absolute atomic E-state index is 11.9. The second-order valence-electron chi connectivity index (χ2n) is 4.11. The molecule has 0 radical (unpaired) electrons. The van der Waals surface area contributed by atoms with Crippen LogP contribution in [-0.2, 0) is 11.3 Å². The number of carbonyl (C=O) groups excluding carboxylic acids is 1. The highest BCUT2D eigenvalue weighted by molar-refractivity contribution is 6.30. The molecular formula is C13H18ClNO2. The van der Waals surface area contributed by atoms with E-state index in [0.29, 0.717) is 18.0 Å². The van der Waals surface area contributed by atoms with Gasteiger partial charge in [0.2, 0.25) is 5.91 Å². The van der Waals surface area contributed by atoms with Gasteiger partial charge in [0.25, 0.3) is 0 Å². The number of rotatable bonds is 5. The molecule has 1 rings (SSSR count). The van der Waals surface area contributed by atoms with Crippen LogP contribution in [-0.4, -0.2) is 29.6 Å². The molecule has 0 aliphatic carbocycles. The smallest absolute Gasteiger partial charge is 0.228 e. The van der Waals surface area contributed by atoms with Crippen LogP contribution < -0.4 is 0 Å². The van der Waals surface area contributed by atoms with Crippen molar-refractivity contribution in [1.29, 1.82) is 0 Å². The van der Waals surface area contributed by atoms with Crippen molar-refractivity contribution in [2.45, 2.75) is 19.9 Å². The van der Waals surface area contributed by atoms with Crippen molar-refractivity contribution in [3.8, 4) is 0 Å². The summed E-state index contributed by atoms with van der Waals surface area (Å²) in [4.78, 5) is 13.5. The van der Waals surface area contributed by atoms with Crippen LogP contribution in [0.4, 0.5) is 0 Å². The average Bonchev–Trinajstić information content (AvgIpc) is 2.33. The number of aliphatic hydroxyl groups excluding tert-OH is 1. The molecule has 0 saturated carbocycles. The SMILES string of the molecule is CCC(CO)C(=O)N(C)Cc1ccc(Cl)cc1. The van der Waals surface area contributed by atoms with Gasteiger partial charge in [-0.3, -0.25) is 4.79 Å². The summed E-state index contributed by atoms with van der Waals surface area (Å²) in [5.41, 5.74) is 1.03. The van der Waals surface area contributed by atoms with Crippen molar-refractivity contribution in [2.24, 2.45) is 5.92 Å². The summed E-state index contributed by atoms with van der Waals surface area (Å²) in [5.74, 6) is -0.322. The Morgan fingerprint density at radius 1 is 1.41 bits per heavy atom. The molecular weight excluding hydrogens is 238 g/mol. The first-order chi connectivity index (χ1) is 8.08. The Labute approximate surface area is 107 Å². The number of benzene rings is 1. The van der Waals surface area contributed by atoms with Gasteiger partial charge in [-0.1, -0.05) is 30.7 Å². The first kappa shape index (κ1) is 14.0. The standard InChI is InChI=1S/C13H18ClNO2/c1-3-11(9-16)13(17)15(2)8-10-4-6-12(14)7-5-10/h4-7,11,16H,3,8-9H2,1-2H3. The molecule has 1 N–H and O–H groups in total. The molecule has 0 heterocycles. The molecule has 0 fully saturated rings. The zero-order valence-corrected chi connectivity index (χ0v) is 10.9. The second-order valence-corrected chi connectivity index (χ2v) is 4.54. The summed E-state index contributed by atoms with van der Waals surface area (Å²) < 4.78 is 0. The molecule has 0 aliphatic heterocycles. The van der Waals surface area contributed by atoms with E-state index in [0.717, 1.165) is 5.56 Å². The molecule has 3 nitrogen and oxygen atoms in total. The van der Waals surface area contributed by atoms with E-state index < -0.39 is 0 Å². The van der Waals surface area contributed by atoms with Gasteiger partial charge in [0.15, 0.2) is 0 Å². The van der Waals surface area contributed by atoms with Crippen molar-refractivity contribution in [3.05, 3.63) is 34.9 Å². The van der Waals surface area contributed by atoms with E-state index in [-0.39, 0.29) is 18.4 Å². The molecule has 94 valence electrons. The lowest BCUT2D eigenvalue weighted by molar-refractivity contribution is -0.136. The van der Waals surface area contributed by atoms with E-state index >= 15 is 0 Å². The highest BCUT2D eigenvalue weighted by Gasteiger charge is 2.19. The molecule has 1 amide bonds. The average molecular weight is 256 g/mol. The summed E-state index contributed by atoms with van der Waals surface area (Å²) in [6, 6.07) is 7.40. The van der Waals surface area contributed by atoms with E-state index in [9.17, 15) is 4.79 Å². The van der Waals surface area contributed by atoms with Gasteiger partial charge in [0, 0.05) is 18.6 Å². The second kappa shape index (κ2) is 6.62. The van der Waals surface area contributed by atoms with Crippen molar-refractivity contribution < 1.29 is 9.90 Å². The lowest BCUT2D eigenvalue weighted by Crippen LogP contribution is -2.33. The molecule has 1 atom stereocenters. The number of halogens is 1. The highest BCUT2D eigenvalue weighted by atomic mass is 35.5. The van der Waals surface area contributed by atoms with E-state index in [1.807, 2.05) is 19.1 Å². The fourth-order valence-electron chi connectivity index (χ4n) is 1.64. The van der Waals surface area contributed by atoms with E-state index in [2.05, 4.69) is 0 Å². The van der Waals surface area contributed by atoms with Crippen LogP contribution in [0.1, 0.15) is 18.9 Å². The Balaban J connectivity index is 2.62. The Kier molecular flexibility index (Phi) is 5.45. The predicted octanol–water partition coefficient (Wildman–Crippen LogP) is 2.32. The molecule has 1 aromatic rings. The number of amides is 1. The van der Waals surface area contributed by atoms with Gasteiger partial charge in [-0.25, -0.2) is 0 Å². The molecule has 1 aromatic carbocycles. The molecule has 0 bridgehead atoms. The maximum Gasteiger partial charge on any atom is 0.228 e. The summed E-state index contributed by atoms with van der Waals surface area (Å²) in [7, 11) is 1.75. The van der Waals surface area contributed by atoms with Crippen LogP contribution in [0.15, 0.2) is 24.3 Å². The highest BCUT2D eigenvalue weighted by Crippen LogP contribution is 2.13. The monoisotopic (exact) mass is 255 g/mol. The minimum absolute atomic E-state index is 0.0232. The van der Waals surface area contributed by atoms with Crippen LogP contribution in [0.3, 0.4) is 0 Å². The largest absolute Gasteiger partial charge is 0.396 e. The van der Waals surface area contributed by atoms with Crippen molar-refractivity contribution in [2.75, 3.05) is 13.7 Å². The molecule has 4 heteroatoms. The summed E-state index contributed by atoms with van der Waals surface area (Å²) in [6.07, 6.45) is 0.653. The van der Waals surface area contributed by atoms with Crippen LogP contribution in [0, 0.1) is 5.92 Å². The number of aliphatic hydroxyl groups is 1. The van der Waals surface area contributed by atoms with E-state index in [1.165, 1.54) is 0 Å². The third-order valence-corrected chi connectivity index (χ3v) is 3.02. The Bertz CT molecular complexity index is 360. The number of hydrogen-bond donors (Lipinski definition) is 1. The van der Waals surface area contributed by atoms with Crippen molar-refractivity contribution in [3.63, 3.8) is 0 Å². The van der Waals surface area contributed by atoms with Crippen LogP contribution in [0.2, 0.25) is 5.02 Å². The van der Waals surface area contributed by atoms with Gasteiger partial charge in [0.05, 0.1) is 12.5 Å². The number of nitrogens with zero attached hydrogens (tertiary/aromatic N) is 1. The van der Waals surface area contributed by atoms with Gasteiger partial charge in [0.1, 0.15) is 0 Å². The third kappa shape index (κ3) is 4.02. The summed E-state index contributed by atoms with van der Waals surface area (Å²) in [6.45, 7) is 2.34. The molecule has 0 saturated heterocycles. The summed E-state index contributed by atoms with van der Waals surface area (Å²) in [5, 5.41) is 9.77. The minimum Gasteiger partial charge on any atom is -0.396 e. The van der Waals surface area contributed by atoms with Crippen LogP contribution in [0.25, 0.3) is 0 Å². The normalized spacial score (nSPS) is 12.2. The van der Waals surface area contributed by atoms with Gasteiger partial charge in [-0.2, -0.15) is 0 Å². The third-order valence-electron chi connectivity index (χ3n) is 2.77. The first-order valence-electron chi connectivity index (χ1n) is 5.68. The maximum atomic E-state index is 11.9. The van der Waals surface area contributed by atoms with Gasteiger partial charge < -0.3 is 10.0 Å². The zero-order valence-electron chi connectivity index (χ0n) is 10.2. The zero-order chi connectivity index (χ0) is 12.8. The van der Waals surface area contributed by atoms with Crippen LogP contribution in [0.5, 0.6) is 0 Å². The minimum atomic E-state index is -0.299. The summed E-state index contributed by atoms with van der Waals surface area (Å²) >= 11 is 5.79. The lowest BCUT2D eigenvalue weighted by atomic mass is 10.1. The van der Waals surface area contributed by atoms with E-state index in [1.54, 1.807) is 24.1 Å². The van der Waals surface area contributed by atoms with Gasteiger partial charge in [-0.05, 0) is 24.1 Å². The molecule has 1 unspecified atom stereocenters. The molecule has 0 aromatic heterocycles. The molecule has 17 heavy (non-hydrogen) atoms. The lowest BCUT2D eigenvalue weighted by Gasteiger charge is -2.21.